The Morgan fingerprint density at radius 1 is 1.38 bits per heavy atom. The van der Waals surface area contributed by atoms with Crippen LogP contribution in [0.3, 0.4) is 0 Å². The van der Waals surface area contributed by atoms with Gasteiger partial charge in [-0.25, -0.2) is 4.79 Å². The second kappa shape index (κ2) is 4.18. The van der Waals surface area contributed by atoms with E-state index in [1.165, 1.54) is 6.92 Å². The molecule has 0 aliphatic carbocycles. The van der Waals surface area contributed by atoms with Crippen molar-refractivity contribution in [3.8, 4) is 5.75 Å². The summed E-state index contributed by atoms with van der Waals surface area (Å²) in [6.45, 7) is 1.49. The molecule has 1 aromatic heterocycles. The topological polar surface area (TPSA) is 59.4 Å². The van der Waals surface area contributed by atoms with Gasteiger partial charge in [0.15, 0.2) is 6.10 Å². The van der Waals surface area contributed by atoms with Crippen LogP contribution >= 0.6 is 0 Å². The van der Waals surface area contributed by atoms with E-state index in [0.717, 1.165) is 5.39 Å². The van der Waals surface area contributed by atoms with Crippen molar-refractivity contribution >= 4 is 16.9 Å². The monoisotopic (exact) mass is 217 g/mol. The predicted molar refractivity (Wildman–Crippen MR) is 59.5 cm³/mol. The molecule has 4 heteroatoms. The minimum Gasteiger partial charge on any atom is -0.479 e. The van der Waals surface area contributed by atoms with Gasteiger partial charge in [-0.2, -0.15) is 0 Å². The van der Waals surface area contributed by atoms with Crippen molar-refractivity contribution in [3.05, 3.63) is 36.5 Å². The summed E-state index contributed by atoms with van der Waals surface area (Å²) in [6, 6.07) is 9.16. The first kappa shape index (κ1) is 10.4. The average Bonchev–Trinajstić information content (AvgIpc) is 2.29. The number of hydrogen-bond acceptors (Lipinski definition) is 3. The summed E-state index contributed by atoms with van der Waals surface area (Å²) in [6.07, 6.45) is 0.772. The molecule has 0 radical (unpaired) electrons. The Bertz CT molecular complexity index is 519. The maximum Gasteiger partial charge on any atom is 0.344 e. The Morgan fingerprint density at radius 2 is 2.12 bits per heavy atom. The first-order valence-corrected chi connectivity index (χ1v) is 4.91. The molecule has 1 N–H and O–H groups in total. The van der Waals surface area contributed by atoms with E-state index in [1.807, 2.05) is 24.3 Å². The van der Waals surface area contributed by atoms with Gasteiger partial charge in [-0.1, -0.05) is 18.2 Å². The standard InChI is InChI=1S/C12H11NO3/c1-8(12(14)15)16-10-6-2-4-9-5-3-7-13-11(9)10/h2-8H,1H3,(H,14,15)/t8-/m0/s1. The summed E-state index contributed by atoms with van der Waals surface area (Å²) in [4.78, 5) is 14.9. The van der Waals surface area contributed by atoms with Crippen LogP contribution in [0.15, 0.2) is 36.5 Å². The molecular formula is C12H11NO3. The largest absolute Gasteiger partial charge is 0.479 e. The number of ether oxygens (including phenoxy) is 1. The molecule has 82 valence electrons. The van der Waals surface area contributed by atoms with Crippen LogP contribution < -0.4 is 4.74 Å². The molecule has 0 bridgehead atoms. The van der Waals surface area contributed by atoms with Crippen molar-refractivity contribution in [1.29, 1.82) is 0 Å². The van der Waals surface area contributed by atoms with Crippen molar-refractivity contribution in [2.45, 2.75) is 13.0 Å². The molecule has 1 aromatic carbocycles. The van der Waals surface area contributed by atoms with Crippen molar-refractivity contribution in [2.75, 3.05) is 0 Å². The zero-order valence-corrected chi connectivity index (χ0v) is 8.75. The smallest absolute Gasteiger partial charge is 0.344 e. The Labute approximate surface area is 92.5 Å². The number of carboxylic acids is 1. The third-order valence-corrected chi connectivity index (χ3v) is 2.25. The SMILES string of the molecule is C[C@H](Oc1cccc2cccnc12)C(=O)O. The maximum absolute atomic E-state index is 10.7. The molecule has 4 nitrogen and oxygen atoms in total. The Kier molecular flexibility index (Phi) is 2.72. The summed E-state index contributed by atoms with van der Waals surface area (Å²) < 4.78 is 5.33. The van der Waals surface area contributed by atoms with E-state index in [-0.39, 0.29) is 0 Å². The molecule has 0 unspecified atom stereocenters. The van der Waals surface area contributed by atoms with E-state index in [0.29, 0.717) is 11.3 Å². The highest BCUT2D eigenvalue weighted by atomic mass is 16.5. The van der Waals surface area contributed by atoms with Crippen LogP contribution in [-0.4, -0.2) is 22.2 Å². The lowest BCUT2D eigenvalue weighted by molar-refractivity contribution is -0.144. The minimum absolute atomic E-state index is 0.494. The molecule has 0 aliphatic rings. The van der Waals surface area contributed by atoms with Crippen LogP contribution in [0, 0.1) is 0 Å². The molecule has 0 saturated carbocycles. The minimum atomic E-state index is -0.993. The van der Waals surface area contributed by atoms with E-state index in [4.69, 9.17) is 9.84 Å². The molecular weight excluding hydrogens is 206 g/mol. The summed E-state index contributed by atoms with van der Waals surface area (Å²) in [5.41, 5.74) is 0.679. The van der Waals surface area contributed by atoms with Crippen molar-refractivity contribution in [3.63, 3.8) is 0 Å². The van der Waals surface area contributed by atoms with Gasteiger partial charge in [0, 0.05) is 11.6 Å². The number of carboxylic acid groups (broad SMARTS) is 1. The highest BCUT2D eigenvalue weighted by Gasteiger charge is 2.14. The van der Waals surface area contributed by atoms with Gasteiger partial charge in [0.1, 0.15) is 11.3 Å². The number of rotatable bonds is 3. The van der Waals surface area contributed by atoms with Gasteiger partial charge >= 0.3 is 5.97 Å². The normalized spacial score (nSPS) is 12.3. The molecule has 0 fully saturated rings. The number of aliphatic carboxylic acids is 1. The number of pyridine rings is 1. The van der Waals surface area contributed by atoms with Crippen LogP contribution in [0.2, 0.25) is 0 Å². The number of benzene rings is 1. The number of carbonyl (C=O) groups is 1. The van der Waals surface area contributed by atoms with Gasteiger partial charge in [-0.3, -0.25) is 4.98 Å². The van der Waals surface area contributed by atoms with Crippen LogP contribution in [0.4, 0.5) is 0 Å². The van der Waals surface area contributed by atoms with E-state index in [9.17, 15) is 4.79 Å². The van der Waals surface area contributed by atoms with E-state index < -0.39 is 12.1 Å². The van der Waals surface area contributed by atoms with E-state index >= 15 is 0 Å². The summed E-state index contributed by atoms with van der Waals surface area (Å²) in [7, 11) is 0. The van der Waals surface area contributed by atoms with Crippen LogP contribution in [0.5, 0.6) is 5.75 Å². The Morgan fingerprint density at radius 3 is 2.88 bits per heavy atom. The van der Waals surface area contributed by atoms with Crippen LogP contribution in [0.1, 0.15) is 6.92 Å². The second-order valence-electron chi connectivity index (χ2n) is 3.43. The highest BCUT2D eigenvalue weighted by Crippen LogP contribution is 2.23. The lowest BCUT2D eigenvalue weighted by atomic mass is 10.2. The molecule has 0 amide bonds. The molecule has 2 rings (SSSR count). The fourth-order valence-electron chi connectivity index (χ4n) is 1.41. The highest BCUT2D eigenvalue weighted by molar-refractivity contribution is 5.84. The lowest BCUT2D eigenvalue weighted by Crippen LogP contribution is -2.23. The van der Waals surface area contributed by atoms with Gasteiger partial charge in [0.25, 0.3) is 0 Å². The van der Waals surface area contributed by atoms with E-state index in [1.54, 1.807) is 12.3 Å². The zero-order chi connectivity index (χ0) is 11.5. The van der Waals surface area contributed by atoms with Gasteiger partial charge in [-0.15, -0.1) is 0 Å². The second-order valence-corrected chi connectivity index (χ2v) is 3.43. The summed E-state index contributed by atoms with van der Waals surface area (Å²) in [5.74, 6) is -0.499. The van der Waals surface area contributed by atoms with Gasteiger partial charge < -0.3 is 9.84 Å². The Balaban J connectivity index is 2.41. The third kappa shape index (κ3) is 1.95. The van der Waals surface area contributed by atoms with Gasteiger partial charge in [0.2, 0.25) is 0 Å². The number of hydrogen-bond donors (Lipinski definition) is 1. The number of nitrogens with zero attached hydrogens (tertiary/aromatic N) is 1. The Hall–Kier alpha value is -2.10. The number of fused-ring (bicyclic) bond motifs is 1. The average molecular weight is 217 g/mol. The molecule has 0 saturated heterocycles. The van der Waals surface area contributed by atoms with Crippen LogP contribution in [0.25, 0.3) is 10.9 Å². The first-order valence-electron chi connectivity index (χ1n) is 4.91. The molecule has 1 heterocycles. The zero-order valence-electron chi connectivity index (χ0n) is 8.75. The molecule has 0 spiro atoms. The van der Waals surface area contributed by atoms with Crippen LogP contribution in [-0.2, 0) is 4.79 Å². The number of para-hydroxylation sites is 1. The van der Waals surface area contributed by atoms with Gasteiger partial charge in [-0.05, 0) is 19.1 Å². The third-order valence-electron chi connectivity index (χ3n) is 2.25. The fourth-order valence-corrected chi connectivity index (χ4v) is 1.41. The van der Waals surface area contributed by atoms with Gasteiger partial charge in [0.05, 0.1) is 0 Å². The summed E-state index contributed by atoms with van der Waals surface area (Å²) >= 11 is 0. The van der Waals surface area contributed by atoms with E-state index in [2.05, 4.69) is 4.98 Å². The van der Waals surface area contributed by atoms with Crippen molar-refractivity contribution in [2.24, 2.45) is 0 Å². The number of aromatic nitrogens is 1. The van der Waals surface area contributed by atoms with Crippen molar-refractivity contribution < 1.29 is 14.6 Å². The quantitative estimate of drug-likeness (QED) is 0.855. The predicted octanol–water partition coefficient (Wildman–Crippen LogP) is 2.09. The maximum atomic E-state index is 10.7. The first-order chi connectivity index (χ1) is 7.68. The molecule has 16 heavy (non-hydrogen) atoms. The van der Waals surface area contributed by atoms with Crippen molar-refractivity contribution in [1.82, 2.24) is 4.98 Å². The molecule has 0 aliphatic heterocycles. The molecule has 1 atom stereocenters. The lowest BCUT2D eigenvalue weighted by Gasteiger charge is -2.11. The fraction of sp³-hybridized carbons (Fsp3) is 0.167. The molecule has 2 aromatic rings. The summed E-state index contributed by atoms with van der Waals surface area (Å²) in [5, 5.41) is 9.70.